The third kappa shape index (κ3) is 5.88. The molecular weight excluding hydrogens is 360 g/mol. The third-order valence-corrected chi connectivity index (χ3v) is 4.94. The van der Waals surface area contributed by atoms with Crippen LogP contribution >= 0.6 is 0 Å². The number of aryl methyl sites for hydroxylation is 1. The van der Waals surface area contributed by atoms with Crippen molar-refractivity contribution in [1.82, 2.24) is 20.8 Å². The molecule has 1 aliphatic heterocycles. The van der Waals surface area contributed by atoms with E-state index in [2.05, 4.69) is 20.8 Å². The van der Waals surface area contributed by atoms with Crippen molar-refractivity contribution in [2.75, 3.05) is 19.6 Å². The van der Waals surface area contributed by atoms with Gasteiger partial charge in [0, 0.05) is 24.1 Å². The number of hydrogen-bond acceptors (Lipinski definition) is 6. The summed E-state index contributed by atoms with van der Waals surface area (Å²) in [6.45, 7) is 2.30. The van der Waals surface area contributed by atoms with Crippen molar-refractivity contribution < 1.29 is 19.2 Å². The molecule has 0 aliphatic carbocycles. The van der Waals surface area contributed by atoms with E-state index >= 15 is 0 Å². The Labute approximate surface area is 163 Å². The van der Waals surface area contributed by atoms with Crippen molar-refractivity contribution in [1.29, 1.82) is 0 Å². The number of rotatable bonds is 9. The van der Waals surface area contributed by atoms with Crippen molar-refractivity contribution in [2.24, 2.45) is 5.92 Å². The van der Waals surface area contributed by atoms with Crippen LogP contribution in [0.2, 0.25) is 0 Å². The summed E-state index contributed by atoms with van der Waals surface area (Å²) in [6.07, 6.45) is 5.31. The first-order chi connectivity index (χ1) is 13.6. The van der Waals surface area contributed by atoms with Gasteiger partial charge in [-0.3, -0.25) is 9.59 Å². The maximum Gasteiger partial charge on any atom is 0.305 e. The maximum atomic E-state index is 12.1. The summed E-state index contributed by atoms with van der Waals surface area (Å²) in [5.41, 5.74) is 1.12. The molecule has 8 heteroatoms. The number of amides is 1. The standard InChI is InChI=1S/C20H26N4O4/c25-18(26)9-12-22-20(27)16-5-2-4-15(13-16)19-23-17(28-24-19)6-1-3-14-7-10-21-11-8-14/h2,4-5,13-14,21H,1,3,6-12H2,(H,22,27)(H,25,26). The highest BCUT2D eigenvalue weighted by molar-refractivity contribution is 5.95. The van der Waals surface area contributed by atoms with Crippen molar-refractivity contribution in [3.05, 3.63) is 35.7 Å². The fourth-order valence-electron chi connectivity index (χ4n) is 3.37. The summed E-state index contributed by atoms with van der Waals surface area (Å²) in [5, 5.41) is 18.6. The van der Waals surface area contributed by atoms with Crippen molar-refractivity contribution >= 4 is 11.9 Å². The Hall–Kier alpha value is -2.74. The summed E-state index contributed by atoms with van der Waals surface area (Å²) in [4.78, 5) is 27.1. The second kappa shape index (κ2) is 9.98. The lowest BCUT2D eigenvalue weighted by atomic mass is 9.92. The molecule has 3 rings (SSSR count). The number of benzene rings is 1. The molecule has 150 valence electrons. The topological polar surface area (TPSA) is 117 Å². The van der Waals surface area contributed by atoms with E-state index in [1.54, 1.807) is 18.2 Å². The molecule has 0 atom stereocenters. The SMILES string of the molecule is O=C(O)CCNC(=O)c1cccc(-c2noc(CCCC3CCNCC3)n2)c1. The van der Waals surface area contributed by atoms with E-state index in [-0.39, 0.29) is 18.9 Å². The molecule has 1 aliphatic rings. The number of nitrogens with zero attached hydrogens (tertiary/aromatic N) is 2. The Morgan fingerprint density at radius 3 is 2.89 bits per heavy atom. The minimum Gasteiger partial charge on any atom is -0.481 e. The van der Waals surface area contributed by atoms with Gasteiger partial charge in [-0.05, 0) is 56.8 Å². The van der Waals surface area contributed by atoms with Gasteiger partial charge in [-0.1, -0.05) is 17.3 Å². The molecule has 0 bridgehead atoms. The van der Waals surface area contributed by atoms with Gasteiger partial charge in [0.15, 0.2) is 0 Å². The van der Waals surface area contributed by atoms with Gasteiger partial charge >= 0.3 is 5.97 Å². The predicted molar refractivity (Wildman–Crippen MR) is 103 cm³/mol. The van der Waals surface area contributed by atoms with Crippen LogP contribution in [0.25, 0.3) is 11.4 Å². The molecule has 1 aromatic carbocycles. The highest BCUT2D eigenvalue weighted by atomic mass is 16.5. The van der Waals surface area contributed by atoms with E-state index in [9.17, 15) is 9.59 Å². The first-order valence-corrected chi connectivity index (χ1v) is 9.75. The average molecular weight is 386 g/mol. The van der Waals surface area contributed by atoms with Gasteiger partial charge < -0.3 is 20.3 Å². The number of carboxylic acid groups (broad SMARTS) is 1. The Morgan fingerprint density at radius 2 is 2.11 bits per heavy atom. The zero-order valence-corrected chi connectivity index (χ0v) is 15.8. The van der Waals surface area contributed by atoms with E-state index in [4.69, 9.17) is 9.63 Å². The molecule has 0 radical (unpaired) electrons. The molecule has 0 spiro atoms. The Morgan fingerprint density at radius 1 is 1.29 bits per heavy atom. The van der Waals surface area contributed by atoms with Gasteiger partial charge in [0.05, 0.1) is 6.42 Å². The lowest BCUT2D eigenvalue weighted by Crippen LogP contribution is -2.27. The fraction of sp³-hybridized carbons (Fsp3) is 0.500. The van der Waals surface area contributed by atoms with E-state index < -0.39 is 5.97 Å². The number of piperidine rings is 1. The normalized spacial score (nSPS) is 14.7. The molecule has 2 heterocycles. The second-order valence-electron chi connectivity index (χ2n) is 7.08. The summed E-state index contributed by atoms with van der Waals surface area (Å²) < 4.78 is 5.36. The number of carboxylic acids is 1. The first kappa shape index (κ1) is 20.0. The number of aliphatic carboxylic acids is 1. The number of nitrogens with one attached hydrogen (secondary N) is 2. The largest absolute Gasteiger partial charge is 0.481 e. The minimum atomic E-state index is -0.950. The molecular formula is C20H26N4O4. The maximum absolute atomic E-state index is 12.1. The summed E-state index contributed by atoms with van der Waals surface area (Å²) >= 11 is 0. The van der Waals surface area contributed by atoms with Crippen molar-refractivity contribution in [3.63, 3.8) is 0 Å². The molecule has 0 unspecified atom stereocenters. The average Bonchev–Trinajstić information content (AvgIpc) is 3.17. The van der Waals surface area contributed by atoms with Gasteiger partial charge in [0.25, 0.3) is 5.91 Å². The molecule has 28 heavy (non-hydrogen) atoms. The van der Waals surface area contributed by atoms with E-state index in [1.807, 2.05) is 6.07 Å². The van der Waals surface area contributed by atoms with Crippen LogP contribution in [-0.2, 0) is 11.2 Å². The summed E-state index contributed by atoms with van der Waals surface area (Å²) in [5.74, 6) is 0.569. The van der Waals surface area contributed by atoms with Crippen LogP contribution in [0.15, 0.2) is 28.8 Å². The minimum absolute atomic E-state index is 0.0851. The molecule has 1 aromatic heterocycles. The van der Waals surface area contributed by atoms with Crippen molar-refractivity contribution in [3.8, 4) is 11.4 Å². The zero-order chi connectivity index (χ0) is 19.8. The molecule has 1 fully saturated rings. The highest BCUT2D eigenvalue weighted by Gasteiger charge is 2.15. The van der Waals surface area contributed by atoms with Crippen molar-refractivity contribution in [2.45, 2.75) is 38.5 Å². The van der Waals surface area contributed by atoms with Gasteiger partial charge in [0.1, 0.15) is 0 Å². The zero-order valence-electron chi connectivity index (χ0n) is 15.8. The molecule has 3 N–H and O–H groups in total. The van der Waals surface area contributed by atoms with Crippen LogP contribution in [0.5, 0.6) is 0 Å². The molecule has 2 aromatic rings. The molecule has 8 nitrogen and oxygen atoms in total. The van der Waals surface area contributed by atoms with Crippen LogP contribution in [0, 0.1) is 5.92 Å². The number of aromatic nitrogens is 2. The highest BCUT2D eigenvalue weighted by Crippen LogP contribution is 2.21. The lowest BCUT2D eigenvalue weighted by molar-refractivity contribution is -0.136. The Balaban J connectivity index is 1.53. The summed E-state index contributed by atoms with van der Waals surface area (Å²) in [7, 11) is 0. The Kier molecular flexibility index (Phi) is 7.13. The van der Waals surface area contributed by atoms with Crippen LogP contribution in [0.3, 0.4) is 0 Å². The second-order valence-corrected chi connectivity index (χ2v) is 7.08. The lowest BCUT2D eigenvalue weighted by Gasteiger charge is -2.21. The quantitative estimate of drug-likeness (QED) is 0.605. The van der Waals surface area contributed by atoms with Gasteiger partial charge in [-0.2, -0.15) is 4.98 Å². The Bertz CT molecular complexity index is 799. The molecule has 0 saturated carbocycles. The van der Waals surface area contributed by atoms with Crippen LogP contribution in [0.4, 0.5) is 0 Å². The third-order valence-electron chi connectivity index (χ3n) is 4.94. The predicted octanol–water partition coefficient (Wildman–Crippen LogP) is 2.26. The van der Waals surface area contributed by atoms with Gasteiger partial charge in [-0.25, -0.2) is 0 Å². The number of carbonyl (C=O) groups is 2. The number of hydrogen-bond donors (Lipinski definition) is 3. The first-order valence-electron chi connectivity index (χ1n) is 9.75. The molecule has 1 amide bonds. The van der Waals surface area contributed by atoms with Crippen LogP contribution in [0.1, 0.15) is 48.4 Å². The van der Waals surface area contributed by atoms with Crippen LogP contribution < -0.4 is 10.6 Å². The smallest absolute Gasteiger partial charge is 0.305 e. The van der Waals surface area contributed by atoms with E-state index in [0.29, 0.717) is 22.8 Å². The fourth-order valence-corrected chi connectivity index (χ4v) is 3.37. The van der Waals surface area contributed by atoms with Crippen LogP contribution in [-0.4, -0.2) is 46.8 Å². The number of carbonyl (C=O) groups excluding carboxylic acids is 1. The monoisotopic (exact) mass is 386 g/mol. The summed E-state index contributed by atoms with van der Waals surface area (Å²) in [6, 6.07) is 6.91. The van der Waals surface area contributed by atoms with E-state index in [1.165, 1.54) is 19.3 Å². The van der Waals surface area contributed by atoms with Gasteiger partial charge in [0.2, 0.25) is 11.7 Å². The molecule has 1 saturated heterocycles. The van der Waals surface area contributed by atoms with E-state index in [0.717, 1.165) is 31.8 Å². The van der Waals surface area contributed by atoms with Gasteiger partial charge in [-0.15, -0.1) is 0 Å².